The Bertz CT molecular complexity index is 747. The van der Waals surface area contributed by atoms with Gasteiger partial charge in [0.25, 0.3) is 0 Å². The maximum Gasteiger partial charge on any atom is 0.387 e. The molecule has 2 aromatic rings. The van der Waals surface area contributed by atoms with Gasteiger partial charge >= 0.3 is 6.61 Å². The smallest absolute Gasteiger partial charge is 0.387 e. The zero-order chi connectivity index (χ0) is 16.9. The number of hydrogen-bond donors (Lipinski definition) is 2. The van der Waals surface area contributed by atoms with E-state index in [1.807, 2.05) is 6.07 Å². The van der Waals surface area contributed by atoms with E-state index in [1.165, 1.54) is 23.6 Å². The van der Waals surface area contributed by atoms with E-state index in [0.29, 0.717) is 5.56 Å². The van der Waals surface area contributed by atoms with Gasteiger partial charge in [-0.05, 0) is 48.6 Å². The lowest BCUT2D eigenvalue weighted by molar-refractivity contribution is -0.0504. The summed E-state index contributed by atoms with van der Waals surface area (Å²) in [5, 5.41) is 3.04. The Morgan fingerprint density at radius 1 is 1.17 bits per heavy atom. The third-order valence-electron chi connectivity index (χ3n) is 3.98. The number of rotatable bonds is 5. The molecule has 0 fully saturated rings. The quantitative estimate of drug-likeness (QED) is 0.649. The van der Waals surface area contributed by atoms with Gasteiger partial charge in [-0.15, -0.1) is 0 Å². The molecule has 0 radical (unpaired) electrons. The minimum atomic E-state index is -2.86. The minimum absolute atomic E-state index is 0.113. The molecule has 0 heterocycles. The molecule has 0 aromatic heterocycles. The molecule has 126 valence electrons. The Morgan fingerprint density at radius 2 is 1.96 bits per heavy atom. The molecule has 4 nitrogen and oxygen atoms in total. The number of benzene rings is 2. The number of aliphatic imine (C=N–C) groups is 1. The van der Waals surface area contributed by atoms with Crippen LogP contribution in [0.15, 0.2) is 47.5 Å². The highest BCUT2D eigenvalue weighted by Crippen LogP contribution is 2.25. The van der Waals surface area contributed by atoms with Crippen LogP contribution in [0.5, 0.6) is 5.75 Å². The third-order valence-corrected chi connectivity index (χ3v) is 3.98. The van der Waals surface area contributed by atoms with E-state index in [2.05, 4.69) is 27.2 Å². The van der Waals surface area contributed by atoms with E-state index in [0.717, 1.165) is 18.5 Å². The summed E-state index contributed by atoms with van der Waals surface area (Å²) >= 11 is 0. The first-order chi connectivity index (χ1) is 11.6. The number of hydrogen-bond acceptors (Lipinski definition) is 2. The Balaban J connectivity index is 1.66. The summed E-state index contributed by atoms with van der Waals surface area (Å²) < 4.78 is 29.3. The normalized spacial score (nSPS) is 13.9. The fourth-order valence-electron chi connectivity index (χ4n) is 2.85. The van der Waals surface area contributed by atoms with Crippen molar-refractivity contribution >= 4 is 11.6 Å². The Morgan fingerprint density at radius 3 is 2.79 bits per heavy atom. The first-order valence-electron chi connectivity index (χ1n) is 7.83. The van der Waals surface area contributed by atoms with Crippen LogP contribution in [0.25, 0.3) is 0 Å². The Labute approximate surface area is 139 Å². The monoisotopic (exact) mass is 331 g/mol. The number of guanidine groups is 1. The van der Waals surface area contributed by atoms with Crippen LogP contribution in [0.1, 0.15) is 23.1 Å². The lowest BCUT2D eigenvalue weighted by Gasteiger charge is -2.10. The van der Waals surface area contributed by atoms with Crippen LogP contribution >= 0.6 is 0 Å². The fourth-order valence-corrected chi connectivity index (χ4v) is 2.85. The summed E-state index contributed by atoms with van der Waals surface area (Å²) in [5.74, 6) is 0.348. The highest BCUT2D eigenvalue weighted by atomic mass is 19.3. The number of halogens is 2. The van der Waals surface area contributed by atoms with Crippen molar-refractivity contribution in [3.63, 3.8) is 0 Å². The van der Waals surface area contributed by atoms with E-state index in [4.69, 9.17) is 5.73 Å². The highest BCUT2D eigenvalue weighted by Gasteiger charge is 2.11. The molecule has 0 saturated carbocycles. The zero-order valence-electron chi connectivity index (χ0n) is 13.1. The number of alkyl halides is 2. The van der Waals surface area contributed by atoms with Gasteiger partial charge < -0.3 is 15.8 Å². The predicted octanol–water partition coefficient (Wildman–Crippen LogP) is 3.70. The van der Waals surface area contributed by atoms with Gasteiger partial charge in [0.05, 0.1) is 6.54 Å². The average molecular weight is 331 g/mol. The van der Waals surface area contributed by atoms with Crippen LogP contribution in [0.2, 0.25) is 0 Å². The molecule has 3 rings (SSSR count). The van der Waals surface area contributed by atoms with Crippen molar-refractivity contribution in [2.24, 2.45) is 10.7 Å². The van der Waals surface area contributed by atoms with E-state index in [9.17, 15) is 8.78 Å². The summed E-state index contributed by atoms with van der Waals surface area (Å²) in [6.07, 6.45) is 3.39. The number of para-hydroxylation sites is 1. The summed E-state index contributed by atoms with van der Waals surface area (Å²) in [6.45, 7) is -2.70. The van der Waals surface area contributed by atoms with Crippen molar-refractivity contribution in [2.45, 2.75) is 32.4 Å². The molecular weight excluding hydrogens is 312 g/mol. The fraction of sp³-hybridized carbons (Fsp3) is 0.278. The maximum atomic E-state index is 12.4. The summed E-state index contributed by atoms with van der Waals surface area (Å²) in [7, 11) is 0. The standard InChI is InChI=1S/C18H19F2N3O/c19-17(20)24-16-7-2-1-4-14(16)11-22-18(21)23-15-9-8-12-5-3-6-13(12)10-15/h1-2,4,7-10,17H,3,5-6,11H2,(H3,21,22,23). The summed E-state index contributed by atoms with van der Waals surface area (Å²) in [4.78, 5) is 4.21. The maximum absolute atomic E-state index is 12.4. The number of nitrogens with zero attached hydrogens (tertiary/aromatic N) is 1. The molecule has 0 spiro atoms. The predicted molar refractivity (Wildman–Crippen MR) is 90.5 cm³/mol. The van der Waals surface area contributed by atoms with E-state index < -0.39 is 6.61 Å². The van der Waals surface area contributed by atoms with Crippen LogP contribution < -0.4 is 15.8 Å². The highest BCUT2D eigenvalue weighted by molar-refractivity contribution is 5.92. The molecule has 2 aromatic carbocycles. The number of anilines is 1. The third kappa shape index (κ3) is 4.01. The minimum Gasteiger partial charge on any atom is -0.434 e. The number of fused-ring (bicyclic) bond motifs is 1. The van der Waals surface area contributed by atoms with Crippen molar-refractivity contribution in [2.75, 3.05) is 5.32 Å². The molecule has 6 heteroatoms. The molecule has 0 amide bonds. The molecule has 0 saturated heterocycles. The lowest BCUT2D eigenvalue weighted by atomic mass is 10.1. The van der Waals surface area contributed by atoms with Crippen molar-refractivity contribution in [1.29, 1.82) is 0 Å². The lowest BCUT2D eigenvalue weighted by Crippen LogP contribution is -2.22. The van der Waals surface area contributed by atoms with Gasteiger partial charge in [0.1, 0.15) is 5.75 Å². The zero-order valence-corrected chi connectivity index (χ0v) is 13.1. The van der Waals surface area contributed by atoms with Crippen molar-refractivity contribution in [1.82, 2.24) is 0 Å². The van der Waals surface area contributed by atoms with Crippen molar-refractivity contribution < 1.29 is 13.5 Å². The van der Waals surface area contributed by atoms with Crippen LogP contribution in [-0.2, 0) is 19.4 Å². The number of ether oxygens (including phenoxy) is 1. The van der Waals surface area contributed by atoms with Gasteiger partial charge in [0.15, 0.2) is 5.96 Å². The van der Waals surface area contributed by atoms with Gasteiger partial charge in [-0.25, -0.2) is 4.99 Å². The molecule has 0 bridgehead atoms. The SMILES string of the molecule is NC(=NCc1ccccc1OC(F)F)Nc1ccc2c(c1)CCC2. The molecule has 0 unspecified atom stereocenters. The Kier molecular flexibility index (Phi) is 4.93. The van der Waals surface area contributed by atoms with Gasteiger partial charge in [0, 0.05) is 11.3 Å². The second-order valence-electron chi connectivity index (χ2n) is 5.65. The van der Waals surface area contributed by atoms with Crippen molar-refractivity contribution in [3.8, 4) is 5.75 Å². The molecule has 3 N–H and O–H groups in total. The second-order valence-corrected chi connectivity index (χ2v) is 5.65. The summed E-state index contributed by atoms with van der Waals surface area (Å²) in [6, 6.07) is 12.7. The number of nitrogens with one attached hydrogen (secondary N) is 1. The first-order valence-corrected chi connectivity index (χ1v) is 7.83. The number of nitrogens with two attached hydrogens (primary N) is 1. The topological polar surface area (TPSA) is 59.6 Å². The van der Waals surface area contributed by atoms with Gasteiger partial charge in [-0.3, -0.25) is 0 Å². The molecule has 0 aliphatic heterocycles. The van der Waals surface area contributed by atoms with Crippen LogP contribution in [-0.4, -0.2) is 12.6 Å². The van der Waals surface area contributed by atoms with E-state index >= 15 is 0 Å². The molecule has 1 aliphatic rings. The second kappa shape index (κ2) is 7.29. The van der Waals surface area contributed by atoms with Crippen LogP contribution in [0.3, 0.4) is 0 Å². The van der Waals surface area contributed by atoms with E-state index in [1.54, 1.807) is 18.2 Å². The van der Waals surface area contributed by atoms with Crippen LogP contribution in [0.4, 0.5) is 14.5 Å². The summed E-state index contributed by atoms with van der Waals surface area (Å²) in [5.41, 5.74) is 10.1. The van der Waals surface area contributed by atoms with Gasteiger partial charge in [-0.1, -0.05) is 24.3 Å². The molecule has 0 atom stereocenters. The molecule has 24 heavy (non-hydrogen) atoms. The van der Waals surface area contributed by atoms with Crippen LogP contribution in [0, 0.1) is 0 Å². The van der Waals surface area contributed by atoms with Gasteiger partial charge in [0.2, 0.25) is 0 Å². The van der Waals surface area contributed by atoms with E-state index in [-0.39, 0.29) is 18.3 Å². The molecular formula is C18H19F2N3O. The largest absolute Gasteiger partial charge is 0.434 e. The van der Waals surface area contributed by atoms with Crippen molar-refractivity contribution in [3.05, 3.63) is 59.2 Å². The number of aryl methyl sites for hydroxylation is 2. The average Bonchev–Trinajstić information content (AvgIpc) is 3.01. The molecule has 1 aliphatic carbocycles. The Hall–Kier alpha value is -2.63. The first kappa shape index (κ1) is 16.2. The van der Waals surface area contributed by atoms with Gasteiger partial charge in [-0.2, -0.15) is 8.78 Å².